The summed E-state index contributed by atoms with van der Waals surface area (Å²) in [5.41, 5.74) is 4.08. The minimum Gasteiger partial charge on any atom is -0.496 e. The number of hydrogen-bond acceptors (Lipinski definition) is 3. The smallest absolute Gasteiger partial charge is 0.121 e. The normalized spacial score (nSPS) is 15.6. The first-order valence-electron chi connectivity index (χ1n) is 7.66. The summed E-state index contributed by atoms with van der Waals surface area (Å²) in [5, 5.41) is 3.48. The van der Waals surface area contributed by atoms with Crippen LogP contribution < -0.4 is 10.1 Å². The maximum absolute atomic E-state index is 5.37. The van der Waals surface area contributed by atoms with Crippen LogP contribution in [-0.2, 0) is 12.8 Å². The highest BCUT2D eigenvalue weighted by Gasteiger charge is 2.20. The predicted molar refractivity (Wildman–Crippen MR) is 89.6 cm³/mol. The highest BCUT2D eigenvalue weighted by atomic mass is 32.1. The molecular formula is C18H23NOS. The zero-order valence-electron chi connectivity index (χ0n) is 13.0. The first-order chi connectivity index (χ1) is 10.2. The molecule has 1 aromatic carbocycles. The molecule has 0 amide bonds. The third kappa shape index (κ3) is 2.85. The van der Waals surface area contributed by atoms with E-state index < -0.39 is 0 Å². The van der Waals surface area contributed by atoms with Crippen molar-refractivity contribution in [2.24, 2.45) is 0 Å². The van der Waals surface area contributed by atoms with Crippen molar-refractivity contribution in [2.75, 3.05) is 14.2 Å². The number of aryl methyl sites for hydroxylation is 3. The van der Waals surface area contributed by atoms with Crippen LogP contribution in [0.25, 0.3) is 0 Å². The standard InChI is InChI=1S/C18H23NOS/c1-12-10-14(8-9-15(12)20-3)18(19-2)17-11-13-6-4-5-7-16(13)21-17/h8-11,18-19H,4-7H2,1-3H3. The fraction of sp³-hybridized carbons (Fsp3) is 0.444. The second-order valence-electron chi connectivity index (χ2n) is 5.76. The summed E-state index contributed by atoms with van der Waals surface area (Å²) < 4.78 is 5.37. The van der Waals surface area contributed by atoms with Gasteiger partial charge in [-0.3, -0.25) is 0 Å². The van der Waals surface area contributed by atoms with E-state index in [1.54, 1.807) is 17.6 Å². The summed E-state index contributed by atoms with van der Waals surface area (Å²) in [6.45, 7) is 2.11. The Morgan fingerprint density at radius 2 is 2.00 bits per heavy atom. The van der Waals surface area contributed by atoms with Gasteiger partial charge in [0.25, 0.3) is 0 Å². The topological polar surface area (TPSA) is 21.3 Å². The third-order valence-corrected chi connectivity index (χ3v) is 5.64. The van der Waals surface area contributed by atoms with Crippen molar-refractivity contribution in [3.63, 3.8) is 0 Å². The van der Waals surface area contributed by atoms with Gasteiger partial charge in [0.1, 0.15) is 5.75 Å². The molecule has 0 saturated heterocycles. The van der Waals surface area contributed by atoms with E-state index in [0.29, 0.717) is 0 Å². The first kappa shape index (κ1) is 14.6. The lowest BCUT2D eigenvalue weighted by Gasteiger charge is -2.17. The maximum atomic E-state index is 5.37. The lowest BCUT2D eigenvalue weighted by atomic mass is 9.97. The minimum absolute atomic E-state index is 0.283. The van der Waals surface area contributed by atoms with Crippen LogP contribution in [-0.4, -0.2) is 14.2 Å². The van der Waals surface area contributed by atoms with Crippen molar-refractivity contribution in [3.05, 3.63) is 50.7 Å². The summed E-state index contributed by atoms with van der Waals surface area (Å²) >= 11 is 1.98. The monoisotopic (exact) mass is 301 g/mol. The summed E-state index contributed by atoms with van der Waals surface area (Å²) in [6, 6.07) is 9.18. The first-order valence-corrected chi connectivity index (χ1v) is 8.48. The van der Waals surface area contributed by atoms with Gasteiger partial charge in [0.15, 0.2) is 0 Å². The molecule has 2 aromatic rings. The molecule has 3 rings (SSSR count). The van der Waals surface area contributed by atoms with E-state index in [0.717, 1.165) is 5.75 Å². The summed E-state index contributed by atoms with van der Waals surface area (Å²) in [7, 11) is 3.77. The minimum atomic E-state index is 0.283. The molecule has 1 aliphatic carbocycles. The molecule has 1 unspecified atom stereocenters. The second-order valence-corrected chi connectivity index (χ2v) is 6.92. The van der Waals surface area contributed by atoms with Crippen LogP contribution in [0.15, 0.2) is 24.3 Å². The molecule has 1 heterocycles. The van der Waals surface area contributed by atoms with Gasteiger partial charge < -0.3 is 10.1 Å². The fourth-order valence-electron chi connectivity index (χ4n) is 3.21. The Labute approximate surface area is 131 Å². The Kier molecular flexibility index (Phi) is 4.32. The Bertz CT molecular complexity index is 609. The van der Waals surface area contributed by atoms with Crippen molar-refractivity contribution in [2.45, 2.75) is 38.6 Å². The van der Waals surface area contributed by atoms with Gasteiger partial charge in [0.2, 0.25) is 0 Å². The van der Waals surface area contributed by atoms with Gasteiger partial charge in [-0.25, -0.2) is 0 Å². The number of nitrogens with one attached hydrogen (secondary N) is 1. The van der Waals surface area contributed by atoms with Crippen LogP contribution in [0.1, 0.15) is 45.3 Å². The van der Waals surface area contributed by atoms with Crippen molar-refractivity contribution in [1.29, 1.82) is 0 Å². The Morgan fingerprint density at radius 1 is 1.19 bits per heavy atom. The molecule has 1 atom stereocenters. The van der Waals surface area contributed by atoms with Crippen molar-refractivity contribution < 1.29 is 4.74 Å². The SMILES string of the molecule is CNC(c1ccc(OC)c(C)c1)c1cc2c(s1)CCCC2. The number of fused-ring (bicyclic) bond motifs is 1. The summed E-state index contributed by atoms with van der Waals surface area (Å²) in [4.78, 5) is 3.04. The van der Waals surface area contributed by atoms with Crippen LogP contribution in [0, 0.1) is 6.92 Å². The molecule has 112 valence electrons. The predicted octanol–water partition coefficient (Wildman–Crippen LogP) is 4.25. The van der Waals surface area contributed by atoms with Crippen molar-refractivity contribution in [1.82, 2.24) is 5.32 Å². The second kappa shape index (κ2) is 6.20. The molecule has 21 heavy (non-hydrogen) atoms. The Balaban J connectivity index is 1.94. The molecule has 1 N–H and O–H groups in total. The van der Waals surface area contributed by atoms with E-state index in [2.05, 4.69) is 36.5 Å². The van der Waals surface area contributed by atoms with Crippen molar-refractivity contribution >= 4 is 11.3 Å². The molecule has 0 fully saturated rings. The van der Waals surface area contributed by atoms with E-state index in [1.165, 1.54) is 41.7 Å². The Hall–Kier alpha value is -1.32. The number of hydrogen-bond donors (Lipinski definition) is 1. The zero-order chi connectivity index (χ0) is 14.8. The molecule has 0 radical (unpaired) electrons. The lowest BCUT2D eigenvalue weighted by molar-refractivity contribution is 0.411. The fourth-order valence-corrected chi connectivity index (χ4v) is 4.61. The number of benzene rings is 1. The van der Waals surface area contributed by atoms with E-state index in [9.17, 15) is 0 Å². The highest BCUT2D eigenvalue weighted by Crippen LogP contribution is 2.36. The van der Waals surface area contributed by atoms with Gasteiger partial charge >= 0.3 is 0 Å². The molecule has 0 bridgehead atoms. The van der Waals surface area contributed by atoms with E-state index >= 15 is 0 Å². The quantitative estimate of drug-likeness (QED) is 0.911. The van der Waals surface area contributed by atoms with Gasteiger partial charge in [0.05, 0.1) is 13.2 Å². The summed E-state index contributed by atoms with van der Waals surface area (Å²) in [6.07, 6.45) is 5.20. The van der Waals surface area contributed by atoms with E-state index in [1.807, 2.05) is 18.4 Å². The molecule has 1 aliphatic rings. The van der Waals surface area contributed by atoms with Crippen LogP contribution in [0.3, 0.4) is 0 Å². The highest BCUT2D eigenvalue weighted by molar-refractivity contribution is 7.12. The number of rotatable bonds is 4. The molecule has 0 aliphatic heterocycles. The molecule has 3 heteroatoms. The Morgan fingerprint density at radius 3 is 2.67 bits per heavy atom. The van der Waals surface area contributed by atoms with Crippen molar-refractivity contribution in [3.8, 4) is 5.75 Å². The lowest BCUT2D eigenvalue weighted by Crippen LogP contribution is -2.16. The number of methoxy groups -OCH3 is 1. The molecule has 2 nitrogen and oxygen atoms in total. The van der Waals surface area contributed by atoms with Crippen LogP contribution in [0.5, 0.6) is 5.75 Å². The largest absolute Gasteiger partial charge is 0.496 e. The average Bonchev–Trinajstić information content (AvgIpc) is 2.91. The van der Waals surface area contributed by atoms with E-state index in [-0.39, 0.29) is 6.04 Å². The maximum Gasteiger partial charge on any atom is 0.121 e. The number of thiophene rings is 1. The van der Waals surface area contributed by atoms with Crippen LogP contribution >= 0.6 is 11.3 Å². The van der Waals surface area contributed by atoms with Gasteiger partial charge in [0, 0.05) is 9.75 Å². The van der Waals surface area contributed by atoms with E-state index in [4.69, 9.17) is 4.74 Å². The van der Waals surface area contributed by atoms with Crippen LogP contribution in [0.4, 0.5) is 0 Å². The zero-order valence-corrected chi connectivity index (χ0v) is 13.8. The molecule has 1 aromatic heterocycles. The van der Waals surface area contributed by atoms with Gasteiger partial charge in [-0.1, -0.05) is 12.1 Å². The molecule has 0 saturated carbocycles. The van der Waals surface area contributed by atoms with Crippen LogP contribution in [0.2, 0.25) is 0 Å². The van der Waals surface area contributed by atoms with Gasteiger partial charge in [-0.2, -0.15) is 0 Å². The van der Waals surface area contributed by atoms with Gasteiger partial charge in [-0.05, 0) is 68.5 Å². The third-order valence-electron chi connectivity index (χ3n) is 4.34. The molecular weight excluding hydrogens is 278 g/mol. The number of ether oxygens (including phenoxy) is 1. The molecule has 0 spiro atoms. The average molecular weight is 301 g/mol. The van der Waals surface area contributed by atoms with Gasteiger partial charge in [-0.15, -0.1) is 11.3 Å². The summed E-state index contributed by atoms with van der Waals surface area (Å²) in [5.74, 6) is 0.957.